The average molecular weight is 450 g/mol. The van der Waals surface area contributed by atoms with Crippen molar-refractivity contribution in [2.45, 2.75) is 32.7 Å². The molecule has 0 aliphatic rings. The number of aliphatic hydroxyl groups is 1. The summed E-state index contributed by atoms with van der Waals surface area (Å²) in [6, 6.07) is 9.28. The lowest BCUT2D eigenvalue weighted by molar-refractivity contribution is -0.274. The quantitative estimate of drug-likeness (QED) is 0.522. The Labute approximate surface area is 182 Å². The van der Waals surface area contributed by atoms with Crippen molar-refractivity contribution in [3.05, 3.63) is 71.9 Å². The molecule has 0 bridgehead atoms. The third-order valence-corrected chi connectivity index (χ3v) is 5.12. The summed E-state index contributed by atoms with van der Waals surface area (Å²) >= 11 is 0. The first-order valence-corrected chi connectivity index (χ1v) is 9.60. The molecule has 0 saturated carbocycles. The summed E-state index contributed by atoms with van der Waals surface area (Å²) in [6.45, 7) is 5.23. The van der Waals surface area contributed by atoms with E-state index in [-0.39, 0.29) is 22.8 Å². The largest absolute Gasteiger partial charge is 0.573 e. The molecule has 170 valence electrons. The van der Waals surface area contributed by atoms with Gasteiger partial charge in [0.25, 0.3) is 0 Å². The molecular weight excluding hydrogens is 428 g/mol. The number of aromatic nitrogens is 2. The van der Waals surface area contributed by atoms with Crippen molar-refractivity contribution in [1.29, 1.82) is 0 Å². The number of ether oxygens (including phenoxy) is 2. The molecule has 5 nitrogen and oxygen atoms in total. The van der Waals surface area contributed by atoms with Crippen LogP contribution in [0.5, 0.6) is 11.6 Å². The maximum atomic E-state index is 15.4. The van der Waals surface area contributed by atoms with Crippen LogP contribution < -0.4 is 9.47 Å². The highest BCUT2D eigenvalue weighted by atomic mass is 19.4. The highest BCUT2D eigenvalue weighted by Gasteiger charge is 2.47. The Hall–Kier alpha value is -3.20. The van der Waals surface area contributed by atoms with Gasteiger partial charge in [0.15, 0.2) is 0 Å². The molecule has 1 aromatic heterocycles. The summed E-state index contributed by atoms with van der Waals surface area (Å²) in [5.41, 5.74) is -1.65. The number of methoxy groups -OCH3 is 1. The Kier molecular flexibility index (Phi) is 6.15. The summed E-state index contributed by atoms with van der Waals surface area (Å²) in [7, 11) is 1.39. The van der Waals surface area contributed by atoms with E-state index in [0.717, 1.165) is 12.1 Å². The molecule has 0 radical (unpaired) electrons. The van der Waals surface area contributed by atoms with E-state index in [0.29, 0.717) is 11.1 Å². The van der Waals surface area contributed by atoms with Gasteiger partial charge in [0.05, 0.1) is 12.7 Å². The molecule has 0 saturated heterocycles. The zero-order valence-corrected chi connectivity index (χ0v) is 17.9. The molecule has 1 heterocycles. The van der Waals surface area contributed by atoms with E-state index in [2.05, 4.69) is 14.7 Å². The molecule has 1 N–H and O–H groups in total. The molecule has 1 atom stereocenters. The fraction of sp³-hybridized carbons (Fsp3) is 0.304. The minimum Gasteiger partial charge on any atom is -0.481 e. The van der Waals surface area contributed by atoms with Crippen LogP contribution in [0.25, 0.3) is 11.1 Å². The Morgan fingerprint density at radius 2 is 1.53 bits per heavy atom. The van der Waals surface area contributed by atoms with E-state index < -0.39 is 23.2 Å². The molecule has 2 aromatic carbocycles. The van der Waals surface area contributed by atoms with Gasteiger partial charge in [-0.25, -0.2) is 14.4 Å². The second-order valence-corrected chi connectivity index (χ2v) is 8.17. The van der Waals surface area contributed by atoms with Crippen molar-refractivity contribution in [3.8, 4) is 22.8 Å². The van der Waals surface area contributed by atoms with E-state index in [4.69, 9.17) is 4.74 Å². The molecule has 0 aliphatic carbocycles. The van der Waals surface area contributed by atoms with Crippen LogP contribution >= 0.6 is 0 Å². The lowest BCUT2D eigenvalue weighted by atomic mass is 9.68. The van der Waals surface area contributed by atoms with Crippen molar-refractivity contribution < 1.29 is 32.1 Å². The van der Waals surface area contributed by atoms with Gasteiger partial charge in [-0.3, -0.25) is 0 Å². The van der Waals surface area contributed by atoms with Crippen molar-refractivity contribution >= 4 is 0 Å². The summed E-state index contributed by atoms with van der Waals surface area (Å²) in [5, 5.41) is 11.8. The van der Waals surface area contributed by atoms with Gasteiger partial charge in [-0.1, -0.05) is 45.0 Å². The van der Waals surface area contributed by atoms with Crippen LogP contribution in [0.15, 0.2) is 55.0 Å². The molecule has 3 aromatic rings. The van der Waals surface area contributed by atoms with Crippen LogP contribution in [0, 0.1) is 11.2 Å². The summed E-state index contributed by atoms with van der Waals surface area (Å²) < 4.78 is 61.5. The SMILES string of the molecule is COc1ncncc1C(O)(c1ccc(-c2ccc(OC(F)(F)F)cc2)cc1F)C(C)(C)C. The van der Waals surface area contributed by atoms with Crippen LogP contribution in [0.1, 0.15) is 31.9 Å². The van der Waals surface area contributed by atoms with Gasteiger partial charge in [-0.2, -0.15) is 0 Å². The Balaban J connectivity index is 2.05. The predicted octanol–water partition coefficient (Wildman–Crippen LogP) is 5.47. The lowest BCUT2D eigenvalue weighted by Crippen LogP contribution is -2.42. The Morgan fingerprint density at radius 3 is 2.06 bits per heavy atom. The van der Waals surface area contributed by atoms with Crippen molar-refractivity contribution in [2.75, 3.05) is 7.11 Å². The summed E-state index contributed by atoms with van der Waals surface area (Å²) in [4.78, 5) is 7.98. The molecule has 9 heteroatoms. The van der Waals surface area contributed by atoms with Gasteiger partial charge < -0.3 is 14.6 Å². The van der Waals surface area contributed by atoms with Crippen LogP contribution in [0.4, 0.5) is 17.6 Å². The second kappa shape index (κ2) is 8.38. The minimum absolute atomic E-state index is 0.0149. The number of hydrogen-bond acceptors (Lipinski definition) is 5. The monoisotopic (exact) mass is 450 g/mol. The minimum atomic E-state index is -4.80. The number of benzene rings is 2. The van der Waals surface area contributed by atoms with Crippen LogP contribution in [-0.4, -0.2) is 28.5 Å². The maximum absolute atomic E-state index is 15.4. The zero-order chi connectivity index (χ0) is 23.7. The van der Waals surface area contributed by atoms with E-state index in [1.165, 1.54) is 43.9 Å². The molecule has 1 unspecified atom stereocenters. The highest BCUT2D eigenvalue weighted by molar-refractivity contribution is 5.65. The van der Waals surface area contributed by atoms with Gasteiger partial charge >= 0.3 is 6.36 Å². The predicted molar refractivity (Wildman–Crippen MR) is 110 cm³/mol. The number of rotatable bonds is 5. The first-order chi connectivity index (χ1) is 14.9. The van der Waals surface area contributed by atoms with Gasteiger partial charge in [0, 0.05) is 11.8 Å². The fourth-order valence-electron chi connectivity index (χ4n) is 3.52. The summed E-state index contributed by atoms with van der Waals surface area (Å²) in [5.74, 6) is -0.973. The molecular formula is C23H22F4N2O3. The smallest absolute Gasteiger partial charge is 0.481 e. The summed E-state index contributed by atoms with van der Waals surface area (Å²) in [6.07, 6.45) is -2.16. The van der Waals surface area contributed by atoms with E-state index in [1.807, 2.05) is 0 Å². The average Bonchev–Trinajstić information content (AvgIpc) is 2.71. The second-order valence-electron chi connectivity index (χ2n) is 8.17. The van der Waals surface area contributed by atoms with Crippen molar-refractivity contribution in [2.24, 2.45) is 5.41 Å². The number of halogens is 4. The first kappa shape index (κ1) is 23.5. The third kappa shape index (κ3) is 4.52. The van der Waals surface area contributed by atoms with Gasteiger partial charge in [-0.05, 0) is 34.7 Å². The first-order valence-electron chi connectivity index (χ1n) is 9.60. The molecule has 0 amide bonds. The Morgan fingerprint density at radius 1 is 0.906 bits per heavy atom. The maximum Gasteiger partial charge on any atom is 0.573 e. The number of hydrogen-bond donors (Lipinski definition) is 1. The fourth-order valence-corrected chi connectivity index (χ4v) is 3.52. The van der Waals surface area contributed by atoms with Gasteiger partial charge in [-0.15, -0.1) is 13.2 Å². The molecule has 32 heavy (non-hydrogen) atoms. The Bertz CT molecular complexity index is 1100. The standard InChI is InChI=1S/C23H22F4N2O3/c1-21(2,3)22(30,18-12-28-13-29-20(18)31-4)17-10-7-15(11-19(17)24)14-5-8-16(9-6-14)32-23(25,26)27/h5-13,30H,1-4H3. The molecule has 0 aliphatic heterocycles. The van der Waals surface area contributed by atoms with E-state index in [1.54, 1.807) is 26.8 Å². The van der Waals surface area contributed by atoms with E-state index >= 15 is 4.39 Å². The highest BCUT2D eigenvalue weighted by Crippen LogP contribution is 2.48. The zero-order valence-electron chi connectivity index (χ0n) is 17.9. The van der Waals surface area contributed by atoms with Gasteiger partial charge in [0.1, 0.15) is 23.5 Å². The van der Waals surface area contributed by atoms with Crippen molar-refractivity contribution in [3.63, 3.8) is 0 Å². The topological polar surface area (TPSA) is 64.5 Å². The lowest BCUT2D eigenvalue weighted by Gasteiger charge is -2.41. The number of alkyl halides is 3. The number of nitrogens with zero attached hydrogens (tertiary/aromatic N) is 2. The molecule has 0 spiro atoms. The van der Waals surface area contributed by atoms with Crippen molar-refractivity contribution in [1.82, 2.24) is 9.97 Å². The van der Waals surface area contributed by atoms with Crippen LogP contribution in [-0.2, 0) is 5.60 Å². The van der Waals surface area contributed by atoms with Crippen LogP contribution in [0.2, 0.25) is 0 Å². The normalized spacial score (nSPS) is 14.0. The van der Waals surface area contributed by atoms with Crippen LogP contribution in [0.3, 0.4) is 0 Å². The van der Waals surface area contributed by atoms with E-state index in [9.17, 15) is 18.3 Å². The molecule has 0 fully saturated rings. The third-order valence-electron chi connectivity index (χ3n) is 5.12. The van der Waals surface area contributed by atoms with Gasteiger partial charge in [0.2, 0.25) is 5.88 Å². The molecule has 3 rings (SSSR count).